The normalized spacial score (nSPS) is 16.1. The Balaban J connectivity index is 1.53. The van der Waals surface area contributed by atoms with E-state index in [0.29, 0.717) is 4.88 Å². The summed E-state index contributed by atoms with van der Waals surface area (Å²) in [6.07, 6.45) is -4.78. The minimum Gasteiger partial charge on any atom is -0.335 e. The lowest BCUT2D eigenvalue weighted by atomic mass is 10.1. The number of benzene rings is 2. The predicted molar refractivity (Wildman–Crippen MR) is 113 cm³/mol. The fourth-order valence-corrected chi connectivity index (χ4v) is 6.53. The third-order valence-electron chi connectivity index (χ3n) is 5.37. The quantitative estimate of drug-likeness (QED) is 0.574. The van der Waals surface area contributed by atoms with Crippen LogP contribution in [-0.2, 0) is 16.2 Å². The topological polar surface area (TPSA) is 57.7 Å². The Morgan fingerprint density at radius 3 is 2.23 bits per heavy atom. The maximum Gasteiger partial charge on any atom is 0.417 e. The van der Waals surface area contributed by atoms with Crippen LogP contribution in [0.4, 0.5) is 13.2 Å². The Bertz CT molecular complexity index is 1240. The summed E-state index contributed by atoms with van der Waals surface area (Å²) < 4.78 is 67.7. The zero-order chi connectivity index (χ0) is 22.4. The molecule has 31 heavy (non-hydrogen) atoms. The van der Waals surface area contributed by atoms with Gasteiger partial charge in [-0.3, -0.25) is 4.79 Å². The Hall–Kier alpha value is -2.43. The van der Waals surface area contributed by atoms with Crippen LogP contribution in [0.3, 0.4) is 0 Å². The first-order valence-corrected chi connectivity index (χ1v) is 11.8. The van der Waals surface area contributed by atoms with Crippen molar-refractivity contribution < 1.29 is 26.4 Å². The fraction of sp³-hybridized carbons (Fsp3) is 0.286. The number of nitrogens with zero attached hydrogens (tertiary/aromatic N) is 2. The molecule has 0 aliphatic carbocycles. The number of aryl methyl sites for hydroxylation is 1. The van der Waals surface area contributed by atoms with Crippen LogP contribution in [0.1, 0.15) is 20.8 Å². The Labute approximate surface area is 181 Å². The van der Waals surface area contributed by atoms with Crippen LogP contribution in [0.15, 0.2) is 53.4 Å². The first-order chi connectivity index (χ1) is 14.6. The van der Waals surface area contributed by atoms with Crippen LogP contribution < -0.4 is 0 Å². The number of thiophene rings is 1. The Morgan fingerprint density at radius 1 is 0.968 bits per heavy atom. The molecule has 0 spiro atoms. The van der Waals surface area contributed by atoms with Crippen LogP contribution in [0.5, 0.6) is 0 Å². The molecule has 1 aliphatic heterocycles. The first kappa shape index (κ1) is 21.8. The van der Waals surface area contributed by atoms with E-state index in [1.54, 1.807) is 4.90 Å². The number of piperazine rings is 1. The lowest BCUT2D eigenvalue weighted by Crippen LogP contribution is -2.50. The predicted octanol–water partition coefficient (Wildman–Crippen LogP) is 4.38. The summed E-state index contributed by atoms with van der Waals surface area (Å²) >= 11 is 1.39. The van der Waals surface area contributed by atoms with Crippen molar-refractivity contribution in [2.75, 3.05) is 26.2 Å². The van der Waals surface area contributed by atoms with Crippen molar-refractivity contribution in [2.24, 2.45) is 0 Å². The molecule has 0 radical (unpaired) electrons. The van der Waals surface area contributed by atoms with Crippen LogP contribution >= 0.6 is 11.3 Å². The molecule has 0 unspecified atom stereocenters. The Morgan fingerprint density at radius 2 is 1.58 bits per heavy atom. The van der Waals surface area contributed by atoms with E-state index in [2.05, 4.69) is 0 Å². The van der Waals surface area contributed by atoms with Crippen LogP contribution in [-0.4, -0.2) is 49.7 Å². The number of amides is 1. The van der Waals surface area contributed by atoms with Crippen molar-refractivity contribution in [1.29, 1.82) is 0 Å². The average Bonchev–Trinajstić information content (AvgIpc) is 3.09. The monoisotopic (exact) mass is 468 g/mol. The number of alkyl halides is 3. The van der Waals surface area contributed by atoms with Crippen LogP contribution in [0, 0.1) is 6.92 Å². The number of halogens is 3. The highest BCUT2D eigenvalue weighted by atomic mass is 32.2. The van der Waals surface area contributed by atoms with Gasteiger partial charge in [-0.15, -0.1) is 11.3 Å². The van der Waals surface area contributed by atoms with Gasteiger partial charge in [0.1, 0.15) is 0 Å². The number of carbonyl (C=O) groups is 1. The lowest BCUT2D eigenvalue weighted by Gasteiger charge is -2.34. The maximum atomic E-state index is 13.3. The van der Waals surface area contributed by atoms with E-state index in [9.17, 15) is 26.4 Å². The highest BCUT2D eigenvalue weighted by Gasteiger charge is 2.40. The molecule has 5 nitrogen and oxygen atoms in total. The van der Waals surface area contributed by atoms with Gasteiger partial charge in [0.15, 0.2) is 0 Å². The molecule has 1 saturated heterocycles. The molecule has 0 saturated carbocycles. The maximum absolute atomic E-state index is 13.3. The molecule has 1 fully saturated rings. The molecule has 4 rings (SSSR count). The van der Waals surface area contributed by atoms with Gasteiger partial charge in [0.2, 0.25) is 10.0 Å². The molecule has 2 aromatic carbocycles. The summed E-state index contributed by atoms with van der Waals surface area (Å²) in [4.78, 5) is 14.4. The first-order valence-electron chi connectivity index (χ1n) is 9.54. The minimum absolute atomic E-state index is 0.0653. The van der Waals surface area contributed by atoms with Crippen molar-refractivity contribution in [3.63, 3.8) is 0 Å². The van der Waals surface area contributed by atoms with Gasteiger partial charge >= 0.3 is 6.18 Å². The third kappa shape index (κ3) is 3.95. The van der Waals surface area contributed by atoms with E-state index in [4.69, 9.17) is 0 Å². The van der Waals surface area contributed by atoms with Crippen molar-refractivity contribution in [2.45, 2.75) is 18.0 Å². The van der Waals surface area contributed by atoms with Gasteiger partial charge in [0.25, 0.3) is 5.91 Å². The molecule has 1 amide bonds. The Kier molecular flexibility index (Phi) is 5.57. The summed E-state index contributed by atoms with van der Waals surface area (Å²) in [6.45, 7) is 1.97. The zero-order valence-electron chi connectivity index (χ0n) is 16.5. The highest BCUT2D eigenvalue weighted by Crippen LogP contribution is 2.36. The second kappa shape index (κ2) is 7.92. The molecule has 1 aliphatic rings. The molecule has 0 atom stereocenters. The van der Waals surface area contributed by atoms with Crippen molar-refractivity contribution in [3.05, 3.63) is 64.5 Å². The number of sulfonamides is 1. The van der Waals surface area contributed by atoms with Crippen molar-refractivity contribution >= 4 is 37.4 Å². The molecule has 0 N–H and O–H groups in total. The fourth-order valence-electron chi connectivity index (χ4n) is 3.72. The standard InChI is InChI=1S/C21H19F3N2O3S2/c1-14-15-6-2-4-8-17(15)30-19(14)20(27)25-10-12-26(13-11-25)31(28,29)18-9-5-3-7-16(18)21(22,23)24/h2-9H,10-13H2,1H3. The number of fused-ring (bicyclic) bond motifs is 1. The van der Waals surface area contributed by atoms with Crippen molar-refractivity contribution in [3.8, 4) is 0 Å². The molecule has 3 aromatic rings. The molecule has 164 valence electrons. The SMILES string of the molecule is Cc1c(C(=O)N2CCN(S(=O)(=O)c3ccccc3C(F)(F)F)CC2)sc2ccccc12. The molecular weight excluding hydrogens is 449 g/mol. The van der Waals surface area contributed by atoms with E-state index in [1.165, 1.54) is 17.4 Å². The summed E-state index contributed by atoms with van der Waals surface area (Å²) in [5.74, 6) is -0.188. The molecule has 10 heteroatoms. The van der Waals surface area contributed by atoms with E-state index < -0.39 is 26.7 Å². The lowest BCUT2D eigenvalue weighted by molar-refractivity contribution is -0.139. The summed E-state index contributed by atoms with van der Waals surface area (Å²) in [6, 6.07) is 11.8. The second-order valence-corrected chi connectivity index (χ2v) is 10.2. The van der Waals surface area contributed by atoms with Gasteiger partial charge in [-0.25, -0.2) is 8.42 Å². The number of rotatable bonds is 3. The number of hydrogen-bond donors (Lipinski definition) is 0. The van der Waals surface area contributed by atoms with Gasteiger partial charge in [-0.2, -0.15) is 17.5 Å². The third-order valence-corrected chi connectivity index (χ3v) is 8.59. The van der Waals surface area contributed by atoms with Gasteiger partial charge in [0, 0.05) is 30.9 Å². The summed E-state index contributed by atoms with van der Waals surface area (Å²) in [7, 11) is -4.34. The highest BCUT2D eigenvalue weighted by molar-refractivity contribution is 7.89. The number of carbonyl (C=O) groups excluding carboxylic acids is 1. The number of hydrogen-bond acceptors (Lipinski definition) is 4. The van der Waals surface area contributed by atoms with Gasteiger partial charge < -0.3 is 4.90 Å². The minimum atomic E-state index is -4.78. The van der Waals surface area contributed by atoms with E-state index in [-0.39, 0.29) is 32.1 Å². The van der Waals surface area contributed by atoms with Gasteiger partial charge in [0.05, 0.1) is 15.3 Å². The van der Waals surface area contributed by atoms with E-state index in [1.807, 2.05) is 31.2 Å². The van der Waals surface area contributed by atoms with Gasteiger partial charge in [-0.1, -0.05) is 30.3 Å². The zero-order valence-corrected chi connectivity index (χ0v) is 18.1. The van der Waals surface area contributed by atoms with E-state index in [0.717, 1.165) is 38.2 Å². The van der Waals surface area contributed by atoms with Crippen molar-refractivity contribution in [1.82, 2.24) is 9.21 Å². The molecular formula is C21H19F3N2O3S2. The molecule has 1 aromatic heterocycles. The summed E-state index contributed by atoms with van der Waals surface area (Å²) in [5, 5.41) is 1.00. The summed E-state index contributed by atoms with van der Waals surface area (Å²) in [5.41, 5.74) is -0.311. The van der Waals surface area contributed by atoms with Gasteiger partial charge in [-0.05, 0) is 36.1 Å². The largest absolute Gasteiger partial charge is 0.417 e. The van der Waals surface area contributed by atoms with Crippen LogP contribution in [0.25, 0.3) is 10.1 Å². The molecule has 2 heterocycles. The van der Waals surface area contributed by atoms with Crippen LogP contribution in [0.2, 0.25) is 0 Å². The van der Waals surface area contributed by atoms with E-state index >= 15 is 0 Å². The second-order valence-electron chi connectivity index (χ2n) is 7.24. The molecule has 0 bridgehead atoms. The smallest absolute Gasteiger partial charge is 0.335 e. The average molecular weight is 469 g/mol.